The molecule has 0 aromatic rings. The van der Waals surface area contributed by atoms with E-state index in [0.717, 1.165) is 37.1 Å². The maximum Gasteiger partial charge on any atom is 0.328 e. The van der Waals surface area contributed by atoms with Crippen molar-refractivity contribution in [2.24, 2.45) is 16.6 Å². The lowest BCUT2D eigenvalue weighted by molar-refractivity contribution is -0.139. The molecule has 0 saturated carbocycles. The molecule has 0 bridgehead atoms. The number of hydrogen-bond donors (Lipinski definition) is 3. The number of allylic oxidation sites excluding steroid dienone is 3. The number of aliphatic carboxylic acids is 2. The largest absolute Gasteiger partial charge is 0.480 e. The molecule has 0 spiro atoms. The zero-order chi connectivity index (χ0) is 21.3. The van der Waals surface area contributed by atoms with Crippen LogP contribution in [-0.2, 0) is 9.59 Å². The smallest absolute Gasteiger partial charge is 0.328 e. The van der Waals surface area contributed by atoms with Crippen molar-refractivity contribution in [2.45, 2.75) is 78.3 Å². The van der Waals surface area contributed by atoms with Gasteiger partial charge in [0.05, 0.1) is 0 Å². The van der Waals surface area contributed by atoms with E-state index >= 15 is 0 Å². The Kier molecular flexibility index (Phi) is 9.93. The van der Waals surface area contributed by atoms with E-state index in [2.05, 4.69) is 16.0 Å². The minimum Gasteiger partial charge on any atom is -0.480 e. The van der Waals surface area contributed by atoms with Crippen LogP contribution in [-0.4, -0.2) is 51.4 Å². The molecule has 3 heterocycles. The third-order valence-electron chi connectivity index (χ3n) is 4.97. The Morgan fingerprint density at radius 1 is 1.25 bits per heavy atom. The van der Waals surface area contributed by atoms with Gasteiger partial charge in [0.25, 0.3) is 0 Å². The van der Waals surface area contributed by atoms with Crippen LogP contribution in [0, 0.1) is 5.92 Å². The number of fused-ring (bicyclic) bond motifs is 3. The Labute approximate surface area is 168 Å². The van der Waals surface area contributed by atoms with Gasteiger partial charge in [0.1, 0.15) is 12.1 Å². The Hall–Kier alpha value is -2.15. The Morgan fingerprint density at radius 2 is 1.93 bits per heavy atom. The Morgan fingerprint density at radius 3 is 2.54 bits per heavy atom. The van der Waals surface area contributed by atoms with Gasteiger partial charge >= 0.3 is 11.9 Å². The third-order valence-corrected chi connectivity index (χ3v) is 4.97. The second kappa shape index (κ2) is 11.6. The minimum absolute atomic E-state index is 0.127. The number of carboxylic acids is 2. The monoisotopic (exact) mass is 393 g/mol. The molecule has 0 aliphatic carbocycles. The van der Waals surface area contributed by atoms with Gasteiger partial charge in [0, 0.05) is 30.1 Å². The van der Waals surface area contributed by atoms with Gasteiger partial charge in [-0.25, -0.2) is 4.79 Å². The van der Waals surface area contributed by atoms with Gasteiger partial charge < -0.3 is 20.8 Å². The third kappa shape index (κ3) is 5.67. The van der Waals surface area contributed by atoms with E-state index in [1.54, 1.807) is 0 Å². The van der Waals surface area contributed by atoms with Crippen LogP contribution < -0.4 is 5.73 Å². The number of hydrogen-bond acceptors (Lipinski definition) is 5. The number of carboxylic acid groups (broad SMARTS) is 2. The summed E-state index contributed by atoms with van der Waals surface area (Å²) in [5.41, 5.74) is 8.59. The molecule has 0 aromatic heterocycles. The van der Waals surface area contributed by atoms with Crippen LogP contribution in [0.1, 0.15) is 66.2 Å². The second-order valence-corrected chi connectivity index (χ2v) is 6.60. The van der Waals surface area contributed by atoms with Crippen molar-refractivity contribution in [1.29, 1.82) is 0 Å². The molecule has 3 atom stereocenters. The van der Waals surface area contributed by atoms with E-state index in [1.807, 2.05) is 33.9 Å². The van der Waals surface area contributed by atoms with Crippen molar-refractivity contribution in [2.75, 3.05) is 6.54 Å². The van der Waals surface area contributed by atoms with Gasteiger partial charge in [-0.05, 0) is 44.1 Å². The molecule has 158 valence electrons. The molecular weight excluding hydrogens is 358 g/mol. The maximum absolute atomic E-state index is 11.3. The van der Waals surface area contributed by atoms with Crippen molar-refractivity contribution in [3.8, 4) is 0 Å². The summed E-state index contributed by atoms with van der Waals surface area (Å²) in [5.74, 6) is -1.79. The number of aliphatic imine (C=N–C) groups is 1. The van der Waals surface area contributed by atoms with Crippen molar-refractivity contribution in [3.05, 3.63) is 23.5 Å². The summed E-state index contributed by atoms with van der Waals surface area (Å²) in [6, 6.07) is -1.62. The van der Waals surface area contributed by atoms with Crippen molar-refractivity contribution >= 4 is 17.7 Å². The first kappa shape index (κ1) is 23.9. The lowest BCUT2D eigenvalue weighted by atomic mass is 9.80. The molecule has 28 heavy (non-hydrogen) atoms. The van der Waals surface area contributed by atoms with Crippen molar-refractivity contribution in [3.63, 3.8) is 0 Å². The van der Waals surface area contributed by atoms with Gasteiger partial charge in [-0.15, -0.1) is 0 Å². The van der Waals surface area contributed by atoms with Gasteiger partial charge in [-0.2, -0.15) is 0 Å². The lowest BCUT2D eigenvalue weighted by Gasteiger charge is -2.41. The molecule has 7 heteroatoms. The van der Waals surface area contributed by atoms with Gasteiger partial charge in [0.2, 0.25) is 0 Å². The van der Waals surface area contributed by atoms with Crippen molar-refractivity contribution in [1.82, 2.24) is 4.90 Å². The molecular formula is C21H35N3O4. The summed E-state index contributed by atoms with van der Waals surface area (Å²) >= 11 is 0. The van der Waals surface area contributed by atoms with Crippen molar-refractivity contribution < 1.29 is 19.8 Å². The molecule has 3 rings (SSSR count). The number of nitrogens with two attached hydrogens (primary N) is 1. The highest BCUT2D eigenvalue weighted by molar-refractivity contribution is 6.06. The van der Waals surface area contributed by atoms with E-state index in [9.17, 15) is 14.7 Å². The summed E-state index contributed by atoms with van der Waals surface area (Å²) in [7, 11) is 0. The molecule has 0 aromatic carbocycles. The van der Waals surface area contributed by atoms with Crippen LogP contribution in [0.2, 0.25) is 0 Å². The Bertz CT molecular complexity index is 640. The van der Waals surface area contributed by atoms with Gasteiger partial charge in [-0.3, -0.25) is 9.79 Å². The molecule has 7 nitrogen and oxygen atoms in total. The van der Waals surface area contributed by atoms with Gasteiger partial charge in [0.15, 0.2) is 0 Å². The molecule has 3 unspecified atom stereocenters. The first-order valence-corrected chi connectivity index (χ1v) is 10.4. The van der Waals surface area contributed by atoms with E-state index in [-0.39, 0.29) is 5.92 Å². The first-order valence-electron chi connectivity index (χ1n) is 10.4. The minimum atomic E-state index is -1.02. The highest BCUT2D eigenvalue weighted by Gasteiger charge is 2.37. The van der Waals surface area contributed by atoms with E-state index in [1.165, 1.54) is 5.70 Å². The van der Waals surface area contributed by atoms with E-state index in [0.29, 0.717) is 19.3 Å². The van der Waals surface area contributed by atoms with Crippen LogP contribution in [0.4, 0.5) is 0 Å². The van der Waals surface area contributed by atoms with Crippen LogP contribution in [0.25, 0.3) is 0 Å². The quantitative estimate of drug-likeness (QED) is 0.659. The second-order valence-electron chi connectivity index (χ2n) is 6.60. The molecule has 4 N–H and O–H groups in total. The summed E-state index contributed by atoms with van der Waals surface area (Å²) in [4.78, 5) is 29.0. The van der Waals surface area contributed by atoms with Crippen LogP contribution in [0.5, 0.6) is 0 Å². The molecule has 0 fully saturated rings. The summed E-state index contributed by atoms with van der Waals surface area (Å²) in [6.07, 6.45) is 8.47. The van der Waals surface area contributed by atoms with Crippen LogP contribution >= 0.6 is 0 Å². The zero-order valence-corrected chi connectivity index (χ0v) is 17.5. The van der Waals surface area contributed by atoms with Gasteiger partial charge in [-0.1, -0.05) is 33.8 Å². The predicted molar refractivity (Wildman–Crippen MR) is 111 cm³/mol. The highest BCUT2D eigenvalue weighted by atomic mass is 16.4. The highest BCUT2D eigenvalue weighted by Crippen LogP contribution is 2.38. The SMILES string of the molecule is CC.CC.NC(CCC1=CN2CCCC=C2C2CCC(C(=O)O)N=C12)C(=O)O. The topological polar surface area (TPSA) is 116 Å². The normalized spacial score (nSPS) is 23.8. The molecule has 0 saturated heterocycles. The molecule has 3 aliphatic rings. The fraction of sp³-hybridized carbons (Fsp3) is 0.667. The first-order chi connectivity index (χ1) is 13.5. The fourth-order valence-electron chi connectivity index (χ4n) is 3.68. The number of carbonyl (C=O) groups is 2. The van der Waals surface area contributed by atoms with E-state index in [4.69, 9.17) is 10.8 Å². The molecule has 0 amide bonds. The predicted octanol–water partition coefficient (Wildman–Crippen LogP) is 3.41. The lowest BCUT2D eigenvalue weighted by Crippen LogP contribution is -2.41. The fourth-order valence-corrected chi connectivity index (χ4v) is 3.68. The average Bonchev–Trinajstić information content (AvgIpc) is 2.74. The van der Waals surface area contributed by atoms with Crippen LogP contribution in [0.3, 0.4) is 0 Å². The zero-order valence-electron chi connectivity index (χ0n) is 17.5. The average molecular weight is 394 g/mol. The molecule has 3 aliphatic heterocycles. The molecule has 0 radical (unpaired) electrons. The van der Waals surface area contributed by atoms with E-state index < -0.39 is 24.0 Å². The Balaban J connectivity index is 0.000000921. The summed E-state index contributed by atoms with van der Waals surface area (Å²) in [6.45, 7) is 8.94. The number of rotatable bonds is 5. The standard InChI is InChI=1S/C17H23N3O4.2C2H6/c18-12(16(21)22)6-4-10-9-20-8-2-1-3-14(20)11-5-7-13(17(23)24)19-15(10)11;2*1-2/h3,9,11-13H,1-2,4-8,18H2,(H,21,22)(H,23,24);2*1-2H3. The number of nitrogens with zero attached hydrogens (tertiary/aromatic N) is 2. The summed E-state index contributed by atoms with van der Waals surface area (Å²) in [5, 5.41) is 18.3. The maximum atomic E-state index is 11.3. The summed E-state index contributed by atoms with van der Waals surface area (Å²) < 4.78 is 0. The van der Waals surface area contributed by atoms with Crippen LogP contribution in [0.15, 0.2) is 28.5 Å².